The Bertz CT molecular complexity index is 585. The number of hydrogen-bond acceptors (Lipinski definition) is 3. The lowest BCUT2D eigenvalue weighted by Crippen LogP contribution is -2.37. The second-order valence-corrected chi connectivity index (χ2v) is 7.58. The second kappa shape index (κ2) is 6.32. The molecule has 21 heavy (non-hydrogen) atoms. The highest BCUT2D eigenvalue weighted by Gasteiger charge is 2.25. The van der Waals surface area contributed by atoms with E-state index in [4.69, 9.17) is 5.73 Å². The summed E-state index contributed by atoms with van der Waals surface area (Å²) in [5.41, 5.74) is 6.09. The van der Waals surface area contributed by atoms with Crippen molar-refractivity contribution in [2.75, 3.05) is 5.73 Å². The molecule has 1 fully saturated rings. The molecule has 0 aromatic heterocycles. The maximum absolute atomic E-state index is 13.7. The summed E-state index contributed by atoms with van der Waals surface area (Å²) in [7, 11) is -3.72. The van der Waals surface area contributed by atoms with E-state index in [1.807, 2.05) is 0 Å². The van der Waals surface area contributed by atoms with E-state index in [9.17, 15) is 12.8 Å². The number of benzene rings is 1. The molecule has 1 aliphatic carbocycles. The third-order valence-electron chi connectivity index (χ3n) is 4.41. The summed E-state index contributed by atoms with van der Waals surface area (Å²) in [6.07, 6.45) is 4.88. The molecular weight excluding hydrogens is 291 g/mol. The van der Waals surface area contributed by atoms with Gasteiger partial charge in [-0.25, -0.2) is 17.5 Å². The van der Waals surface area contributed by atoms with Gasteiger partial charge in [0.25, 0.3) is 0 Å². The average molecular weight is 314 g/mol. The van der Waals surface area contributed by atoms with Gasteiger partial charge in [-0.1, -0.05) is 13.3 Å². The number of nitrogen functional groups attached to an aromatic ring is 1. The van der Waals surface area contributed by atoms with Crippen LogP contribution in [-0.4, -0.2) is 14.5 Å². The van der Waals surface area contributed by atoms with Crippen LogP contribution in [0.15, 0.2) is 17.0 Å². The maximum Gasteiger partial charge on any atom is 0.240 e. The van der Waals surface area contributed by atoms with Gasteiger partial charge in [-0.3, -0.25) is 0 Å². The minimum atomic E-state index is -3.72. The van der Waals surface area contributed by atoms with E-state index < -0.39 is 15.8 Å². The molecule has 0 amide bonds. The summed E-state index contributed by atoms with van der Waals surface area (Å²) >= 11 is 0. The number of halogens is 1. The highest BCUT2D eigenvalue weighted by molar-refractivity contribution is 7.89. The molecule has 0 unspecified atom stereocenters. The van der Waals surface area contributed by atoms with Gasteiger partial charge in [-0.2, -0.15) is 0 Å². The standard InChI is InChI=1S/C15H23FN2O2S/c1-3-11-4-6-12(7-5-11)18-21(19,20)13-8-14(16)10(2)15(17)9-13/h8-9,11-12,18H,3-7,17H2,1-2H3. The first-order valence-corrected chi connectivity index (χ1v) is 8.89. The molecule has 0 spiro atoms. The summed E-state index contributed by atoms with van der Waals surface area (Å²) in [4.78, 5) is -0.0966. The molecule has 1 aromatic rings. The molecule has 4 nitrogen and oxygen atoms in total. The van der Waals surface area contributed by atoms with Crippen molar-refractivity contribution in [2.24, 2.45) is 5.92 Å². The zero-order valence-electron chi connectivity index (χ0n) is 12.5. The smallest absolute Gasteiger partial charge is 0.240 e. The highest BCUT2D eigenvalue weighted by atomic mass is 32.2. The van der Waals surface area contributed by atoms with Gasteiger partial charge in [0.15, 0.2) is 0 Å². The number of nitrogens with one attached hydrogen (secondary N) is 1. The summed E-state index contributed by atoms with van der Waals surface area (Å²) < 4.78 is 41.0. The van der Waals surface area contributed by atoms with E-state index in [0.29, 0.717) is 5.92 Å². The normalized spacial score (nSPS) is 23.2. The summed E-state index contributed by atoms with van der Waals surface area (Å²) in [6, 6.07) is 2.29. The molecule has 118 valence electrons. The van der Waals surface area contributed by atoms with Gasteiger partial charge < -0.3 is 5.73 Å². The largest absolute Gasteiger partial charge is 0.398 e. The molecule has 1 aliphatic rings. The Kier molecular flexibility index (Phi) is 4.88. The fourth-order valence-corrected chi connectivity index (χ4v) is 4.16. The number of anilines is 1. The fourth-order valence-electron chi connectivity index (χ4n) is 2.81. The summed E-state index contributed by atoms with van der Waals surface area (Å²) in [5, 5.41) is 0. The number of hydrogen-bond donors (Lipinski definition) is 2. The Morgan fingerprint density at radius 1 is 1.29 bits per heavy atom. The zero-order chi connectivity index (χ0) is 15.6. The molecule has 0 bridgehead atoms. The van der Waals surface area contributed by atoms with Crippen LogP contribution in [0.25, 0.3) is 0 Å². The van der Waals surface area contributed by atoms with Crippen molar-refractivity contribution in [1.82, 2.24) is 4.72 Å². The monoisotopic (exact) mass is 314 g/mol. The lowest BCUT2D eigenvalue weighted by atomic mass is 9.85. The van der Waals surface area contributed by atoms with Gasteiger partial charge >= 0.3 is 0 Å². The molecule has 0 heterocycles. The molecule has 2 rings (SSSR count). The van der Waals surface area contributed by atoms with Gasteiger partial charge in [0.05, 0.1) is 4.90 Å². The first-order valence-electron chi connectivity index (χ1n) is 7.41. The molecule has 6 heteroatoms. The van der Waals surface area contributed by atoms with Gasteiger partial charge in [-0.05, 0) is 50.7 Å². The van der Waals surface area contributed by atoms with Gasteiger partial charge in [0.2, 0.25) is 10.0 Å². The van der Waals surface area contributed by atoms with Gasteiger partial charge in [-0.15, -0.1) is 0 Å². The Labute approximate surface area is 126 Å². The topological polar surface area (TPSA) is 72.2 Å². The van der Waals surface area contributed by atoms with Crippen LogP contribution in [0, 0.1) is 18.7 Å². The van der Waals surface area contributed by atoms with Crippen LogP contribution in [0.2, 0.25) is 0 Å². The van der Waals surface area contributed by atoms with Crippen LogP contribution in [0.4, 0.5) is 10.1 Å². The van der Waals surface area contributed by atoms with Crippen molar-refractivity contribution < 1.29 is 12.8 Å². The Hall–Kier alpha value is -1.14. The molecule has 3 N–H and O–H groups in total. The molecule has 0 saturated heterocycles. The summed E-state index contributed by atoms with van der Waals surface area (Å²) in [5.74, 6) is 0.100. The minimum absolute atomic E-state index is 0.0663. The fraction of sp³-hybridized carbons (Fsp3) is 0.600. The zero-order valence-corrected chi connectivity index (χ0v) is 13.3. The maximum atomic E-state index is 13.7. The Balaban J connectivity index is 2.12. The predicted octanol–water partition coefficient (Wildman–Crippen LogP) is 2.96. The molecule has 0 aliphatic heterocycles. The average Bonchev–Trinajstić information content (AvgIpc) is 2.44. The minimum Gasteiger partial charge on any atom is -0.398 e. The van der Waals surface area contributed by atoms with Crippen LogP contribution in [-0.2, 0) is 10.0 Å². The van der Waals surface area contributed by atoms with E-state index in [0.717, 1.165) is 38.2 Å². The van der Waals surface area contributed by atoms with E-state index >= 15 is 0 Å². The molecule has 0 atom stereocenters. The second-order valence-electron chi connectivity index (χ2n) is 5.87. The van der Waals surface area contributed by atoms with E-state index in [-0.39, 0.29) is 22.2 Å². The van der Waals surface area contributed by atoms with Crippen LogP contribution in [0.3, 0.4) is 0 Å². The number of nitrogens with two attached hydrogens (primary N) is 1. The van der Waals surface area contributed by atoms with Crippen molar-refractivity contribution >= 4 is 15.7 Å². The SMILES string of the molecule is CCC1CCC(NS(=O)(=O)c2cc(N)c(C)c(F)c2)CC1. The highest BCUT2D eigenvalue weighted by Crippen LogP contribution is 2.28. The van der Waals surface area contributed by atoms with E-state index in [1.165, 1.54) is 13.0 Å². The summed E-state index contributed by atoms with van der Waals surface area (Å²) in [6.45, 7) is 3.69. The van der Waals surface area contributed by atoms with Crippen molar-refractivity contribution in [3.05, 3.63) is 23.5 Å². The molecular formula is C15H23FN2O2S. The number of rotatable bonds is 4. The Morgan fingerprint density at radius 3 is 2.43 bits per heavy atom. The lowest BCUT2D eigenvalue weighted by Gasteiger charge is -2.28. The van der Waals surface area contributed by atoms with E-state index in [1.54, 1.807) is 0 Å². The first kappa shape index (κ1) is 16.2. The molecule has 1 saturated carbocycles. The first-order chi connectivity index (χ1) is 9.83. The molecule has 1 aromatic carbocycles. The molecule has 0 radical (unpaired) electrons. The van der Waals surface area contributed by atoms with Crippen molar-refractivity contribution in [1.29, 1.82) is 0 Å². The lowest BCUT2D eigenvalue weighted by molar-refractivity contribution is 0.306. The van der Waals surface area contributed by atoms with E-state index in [2.05, 4.69) is 11.6 Å². The van der Waals surface area contributed by atoms with Crippen LogP contribution in [0.1, 0.15) is 44.6 Å². The van der Waals surface area contributed by atoms with Crippen LogP contribution in [0.5, 0.6) is 0 Å². The van der Waals surface area contributed by atoms with Crippen LogP contribution >= 0.6 is 0 Å². The van der Waals surface area contributed by atoms with Crippen molar-refractivity contribution in [3.8, 4) is 0 Å². The Morgan fingerprint density at radius 2 is 1.90 bits per heavy atom. The van der Waals surface area contributed by atoms with Crippen molar-refractivity contribution in [2.45, 2.75) is 56.9 Å². The van der Waals surface area contributed by atoms with Gasteiger partial charge in [0.1, 0.15) is 5.82 Å². The quantitative estimate of drug-likeness (QED) is 0.839. The van der Waals surface area contributed by atoms with Gasteiger partial charge in [0, 0.05) is 17.3 Å². The van der Waals surface area contributed by atoms with Crippen LogP contribution < -0.4 is 10.5 Å². The van der Waals surface area contributed by atoms with Crippen molar-refractivity contribution in [3.63, 3.8) is 0 Å². The number of sulfonamides is 1. The third kappa shape index (κ3) is 3.74. The predicted molar refractivity (Wildman–Crippen MR) is 81.9 cm³/mol. The third-order valence-corrected chi connectivity index (χ3v) is 5.91.